The van der Waals surface area contributed by atoms with Gasteiger partial charge in [-0.1, -0.05) is 0 Å². The van der Waals surface area contributed by atoms with Crippen LogP contribution in [0.1, 0.15) is 0 Å². The second-order valence-corrected chi connectivity index (χ2v) is 0. The molecule has 5 heteroatoms. The van der Waals surface area contributed by atoms with Crippen molar-refractivity contribution in [3.8, 4) is 0 Å². The summed E-state index contributed by atoms with van der Waals surface area (Å²) in [4.78, 5) is 0. The molecule has 0 saturated heterocycles. The van der Waals surface area contributed by atoms with E-state index in [9.17, 15) is 0 Å². The third-order valence-electron chi connectivity index (χ3n) is 0. The first-order valence-corrected chi connectivity index (χ1v) is 0. The summed E-state index contributed by atoms with van der Waals surface area (Å²) in [6, 6.07) is 0. The fourth-order valence-corrected chi connectivity index (χ4v) is 0. The summed E-state index contributed by atoms with van der Waals surface area (Å²) in [5.74, 6) is 0. The van der Waals surface area contributed by atoms with Crippen LogP contribution in [-0.4, -0.2) is 0 Å². The molecule has 0 aromatic heterocycles. The first-order chi connectivity index (χ1) is 0. The fraction of sp³-hybridized carbons (Fsp3) is 0. The van der Waals surface area contributed by atoms with Crippen molar-refractivity contribution in [1.82, 2.24) is 0 Å². The molecule has 0 aliphatic rings. The maximum Gasteiger partial charge on any atom is 0 e. The van der Waals surface area contributed by atoms with E-state index in [-0.39, 0.29) is 178 Å². The largest absolute Gasteiger partial charge is 0.358 e. The minimum Gasteiger partial charge on any atom is -0.358 e. The third kappa shape index (κ3) is 34.3. The molecule has 0 aliphatic carbocycles. The minimum absolute atomic E-state index is 0. The van der Waals surface area contributed by atoms with Crippen LogP contribution in [0.4, 0.5) is 0 Å². The van der Waals surface area contributed by atoms with Gasteiger partial charge in [-0.25, -0.2) is 0 Å². The molecule has 0 aliphatic heterocycles. The molecule has 0 spiro atoms. The Kier molecular flexibility index (Phi) is 326. The van der Waals surface area contributed by atoms with Gasteiger partial charge in [-0.05, 0) is 0 Å². The predicted molar refractivity (Wildman–Crippen MR) is 12.8 cm³/mol. The quantitative estimate of drug-likeness (QED) is 0.458. The molecule has 0 rings (SSSR count). The molecule has 0 unspecified atom stereocenters. The molecule has 0 nitrogen and oxygen atoms in total. The average Bonchev–Trinajstić information content (AvgIpc) is 0. The Bertz CT molecular complexity index is 6.04. The van der Waals surface area contributed by atoms with Crippen LogP contribution < -0.4 is 0 Å². The van der Waals surface area contributed by atoms with Gasteiger partial charge in [0.05, 0.1) is 0 Å². The average molecular weight is 475 g/mol. The summed E-state index contributed by atoms with van der Waals surface area (Å²) in [6.07, 6.45) is 0. The molecule has 0 heterocycles. The molecule has 0 atom stereocenters. The standard InChI is InChI=1S/2CH3.5Y/h2*1H3;;;;;/q2*-1;;;;;. The second-order valence-electron chi connectivity index (χ2n) is 0. The van der Waals surface area contributed by atoms with Crippen LogP contribution in [0.2, 0.25) is 0 Å². The Balaban J connectivity index is 0. The van der Waals surface area contributed by atoms with Gasteiger partial charge in [0.15, 0.2) is 0 Å². The van der Waals surface area contributed by atoms with E-state index in [4.69, 9.17) is 0 Å². The molecule has 31 valence electrons. The monoisotopic (exact) mass is 475 g/mol. The summed E-state index contributed by atoms with van der Waals surface area (Å²) in [5, 5.41) is 0. The third-order valence-corrected chi connectivity index (χ3v) is 0. The molecular formula is C2H6Y5-2. The van der Waals surface area contributed by atoms with Gasteiger partial charge in [0.1, 0.15) is 0 Å². The van der Waals surface area contributed by atoms with Crippen LogP contribution in [0.15, 0.2) is 0 Å². The van der Waals surface area contributed by atoms with E-state index in [2.05, 4.69) is 0 Å². The summed E-state index contributed by atoms with van der Waals surface area (Å²) < 4.78 is 0. The Morgan fingerprint density at radius 2 is 0.286 bits per heavy atom. The maximum atomic E-state index is 0. The molecule has 5 radical (unpaired) electrons. The van der Waals surface area contributed by atoms with Crippen molar-refractivity contribution in [2.75, 3.05) is 0 Å². The van der Waals surface area contributed by atoms with Crippen LogP contribution in [0.5, 0.6) is 0 Å². The van der Waals surface area contributed by atoms with Gasteiger partial charge in [0, 0.05) is 164 Å². The number of hydrogen-bond donors (Lipinski definition) is 0. The van der Waals surface area contributed by atoms with Gasteiger partial charge < -0.3 is 14.9 Å². The zero-order valence-corrected chi connectivity index (χ0v) is 19.1. The van der Waals surface area contributed by atoms with Crippen molar-refractivity contribution in [1.29, 1.82) is 0 Å². The van der Waals surface area contributed by atoms with Gasteiger partial charge in [0.2, 0.25) is 0 Å². The molecular weight excluding hydrogens is 469 g/mol. The minimum atomic E-state index is 0. The molecule has 0 saturated carbocycles. The van der Waals surface area contributed by atoms with Gasteiger partial charge in [-0.3, -0.25) is 0 Å². The molecule has 0 N–H and O–H groups in total. The summed E-state index contributed by atoms with van der Waals surface area (Å²) in [6.45, 7) is 0. The first-order valence-electron chi connectivity index (χ1n) is 0. The molecule has 0 amide bonds. The van der Waals surface area contributed by atoms with Crippen LogP contribution in [-0.2, 0) is 164 Å². The van der Waals surface area contributed by atoms with E-state index < -0.39 is 0 Å². The van der Waals surface area contributed by atoms with Crippen molar-refractivity contribution in [3.05, 3.63) is 14.9 Å². The van der Waals surface area contributed by atoms with E-state index >= 15 is 0 Å². The zero-order chi connectivity index (χ0) is 0. The van der Waals surface area contributed by atoms with E-state index in [1.807, 2.05) is 0 Å². The zero-order valence-electron chi connectivity index (χ0n) is 4.89. The molecule has 7 heavy (non-hydrogen) atoms. The van der Waals surface area contributed by atoms with Gasteiger partial charge in [-0.15, -0.1) is 0 Å². The van der Waals surface area contributed by atoms with Crippen molar-refractivity contribution in [2.45, 2.75) is 0 Å². The normalized spacial score (nSPS) is 0. The van der Waals surface area contributed by atoms with E-state index in [1.54, 1.807) is 0 Å². The van der Waals surface area contributed by atoms with Gasteiger partial charge in [0.25, 0.3) is 0 Å². The first kappa shape index (κ1) is 54.5. The Labute approximate surface area is 173 Å². The van der Waals surface area contributed by atoms with Crippen LogP contribution in [0.3, 0.4) is 0 Å². The Morgan fingerprint density at radius 1 is 0.286 bits per heavy atom. The molecule has 0 bridgehead atoms. The Hall–Kier alpha value is 5.52. The molecule has 0 fully saturated rings. The summed E-state index contributed by atoms with van der Waals surface area (Å²) in [5.41, 5.74) is 0. The summed E-state index contributed by atoms with van der Waals surface area (Å²) >= 11 is 0. The topological polar surface area (TPSA) is 0 Å². The van der Waals surface area contributed by atoms with E-state index in [0.717, 1.165) is 0 Å². The van der Waals surface area contributed by atoms with Gasteiger partial charge in [-0.2, -0.15) is 0 Å². The van der Waals surface area contributed by atoms with E-state index in [1.165, 1.54) is 0 Å². The van der Waals surface area contributed by atoms with Crippen molar-refractivity contribution in [2.24, 2.45) is 0 Å². The molecule has 0 aromatic rings. The smallest absolute Gasteiger partial charge is 0 e. The van der Waals surface area contributed by atoms with Gasteiger partial charge >= 0.3 is 0 Å². The number of hydrogen-bond acceptors (Lipinski definition) is 0. The second kappa shape index (κ2) is 41.8. The van der Waals surface area contributed by atoms with Crippen molar-refractivity contribution < 1.29 is 164 Å². The Morgan fingerprint density at radius 3 is 0.286 bits per heavy atom. The van der Waals surface area contributed by atoms with Crippen LogP contribution in [0, 0.1) is 14.9 Å². The summed E-state index contributed by atoms with van der Waals surface area (Å²) in [7, 11) is 0. The van der Waals surface area contributed by atoms with Crippen LogP contribution >= 0.6 is 0 Å². The van der Waals surface area contributed by atoms with Crippen LogP contribution in [0.25, 0.3) is 0 Å². The fourth-order valence-electron chi connectivity index (χ4n) is 0. The predicted octanol–water partition coefficient (Wildman–Crippen LogP) is 0.888. The SMILES string of the molecule is [CH3-].[CH3-].[Y].[Y].[Y].[Y].[Y]. The number of rotatable bonds is 0. The van der Waals surface area contributed by atoms with Crippen molar-refractivity contribution >= 4 is 0 Å². The molecule has 0 aromatic carbocycles. The van der Waals surface area contributed by atoms with Crippen molar-refractivity contribution in [3.63, 3.8) is 0 Å². The maximum absolute atomic E-state index is 0. The van der Waals surface area contributed by atoms with E-state index in [0.29, 0.717) is 0 Å².